The lowest BCUT2D eigenvalue weighted by Gasteiger charge is -2.28. The number of hydrogen-bond acceptors (Lipinski definition) is 4. The predicted octanol–water partition coefficient (Wildman–Crippen LogP) is 2.40. The monoisotopic (exact) mass is 306 g/mol. The van der Waals surface area contributed by atoms with E-state index in [1.165, 1.54) is 5.56 Å². The molecule has 1 fully saturated rings. The molecule has 0 saturated carbocycles. The Hall–Kier alpha value is -1.59. The minimum atomic E-state index is -0.304. The zero-order valence-electron chi connectivity index (χ0n) is 13.6. The Morgan fingerprint density at radius 3 is 2.86 bits per heavy atom. The van der Waals surface area contributed by atoms with Crippen LogP contribution in [0.15, 0.2) is 24.3 Å². The summed E-state index contributed by atoms with van der Waals surface area (Å²) < 4.78 is 10.8. The van der Waals surface area contributed by atoms with Gasteiger partial charge in [0.15, 0.2) is 0 Å². The van der Waals surface area contributed by atoms with Gasteiger partial charge in [-0.2, -0.15) is 0 Å². The van der Waals surface area contributed by atoms with Crippen LogP contribution in [0.4, 0.5) is 4.79 Å². The summed E-state index contributed by atoms with van der Waals surface area (Å²) in [4.78, 5) is 16.0. The van der Waals surface area contributed by atoms with Crippen LogP contribution in [0.5, 0.6) is 5.75 Å². The molecule has 22 heavy (non-hydrogen) atoms. The van der Waals surface area contributed by atoms with E-state index in [1.54, 1.807) is 11.9 Å². The Balaban J connectivity index is 1.78. The first kappa shape index (κ1) is 16.8. The first-order chi connectivity index (χ1) is 10.7. The van der Waals surface area contributed by atoms with Crippen LogP contribution in [0.2, 0.25) is 0 Å². The number of hydrogen-bond donors (Lipinski definition) is 0. The summed E-state index contributed by atoms with van der Waals surface area (Å²) in [5, 5.41) is 0. The molecule has 1 heterocycles. The Bertz CT molecular complexity index is 473. The van der Waals surface area contributed by atoms with Gasteiger partial charge in [0.1, 0.15) is 5.75 Å². The minimum absolute atomic E-state index is 0.304. The molecule has 1 aliphatic heterocycles. The van der Waals surface area contributed by atoms with Crippen molar-refractivity contribution < 1.29 is 14.3 Å². The Labute approximate surface area is 132 Å². The third-order valence-electron chi connectivity index (χ3n) is 3.81. The highest BCUT2D eigenvalue weighted by Gasteiger charge is 2.15. The van der Waals surface area contributed by atoms with Crippen molar-refractivity contribution in [3.8, 4) is 5.75 Å². The van der Waals surface area contributed by atoms with Gasteiger partial charge in [0.2, 0.25) is 0 Å². The van der Waals surface area contributed by atoms with Crippen molar-refractivity contribution in [3.05, 3.63) is 29.8 Å². The number of morpholine rings is 1. The van der Waals surface area contributed by atoms with E-state index in [9.17, 15) is 4.79 Å². The number of benzene rings is 1. The maximum absolute atomic E-state index is 12.1. The van der Waals surface area contributed by atoms with Crippen LogP contribution in [-0.2, 0) is 11.2 Å². The van der Waals surface area contributed by atoms with E-state index in [0.29, 0.717) is 12.3 Å². The number of amides is 1. The topological polar surface area (TPSA) is 42.0 Å². The largest absolute Gasteiger partial charge is 0.415 e. The molecule has 0 N–H and O–H groups in total. The van der Waals surface area contributed by atoms with Crippen molar-refractivity contribution in [3.63, 3.8) is 0 Å². The molecule has 0 radical (unpaired) electrons. The summed E-state index contributed by atoms with van der Waals surface area (Å²) in [7, 11) is 1.78. The lowest BCUT2D eigenvalue weighted by Crippen LogP contribution is -2.42. The van der Waals surface area contributed by atoms with Crippen LogP contribution in [0.25, 0.3) is 0 Å². The van der Waals surface area contributed by atoms with Crippen molar-refractivity contribution >= 4 is 6.09 Å². The number of carbonyl (C=O) groups excluding carboxylic acids is 1. The van der Waals surface area contributed by atoms with E-state index in [1.807, 2.05) is 18.2 Å². The average molecular weight is 306 g/mol. The van der Waals surface area contributed by atoms with Crippen LogP contribution in [0.1, 0.15) is 18.9 Å². The minimum Gasteiger partial charge on any atom is -0.410 e. The summed E-state index contributed by atoms with van der Waals surface area (Å²) in [5.41, 5.74) is 1.20. The zero-order valence-corrected chi connectivity index (χ0v) is 13.6. The fourth-order valence-corrected chi connectivity index (χ4v) is 2.44. The van der Waals surface area contributed by atoms with Gasteiger partial charge in [0, 0.05) is 33.2 Å². The van der Waals surface area contributed by atoms with E-state index >= 15 is 0 Å². The number of ether oxygens (including phenoxy) is 2. The van der Waals surface area contributed by atoms with Crippen LogP contribution in [0.3, 0.4) is 0 Å². The molecular formula is C17H26N2O3. The van der Waals surface area contributed by atoms with Crippen LogP contribution >= 0.6 is 0 Å². The van der Waals surface area contributed by atoms with Crippen LogP contribution in [0, 0.1) is 0 Å². The molecule has 122 valence electrons. The first-order valence-corrected chi connectivity index (χ1v) is 8.01. The fraction of sp³-hybridized carbons (Fsp3) is 0.588. The summed E-state index contributed by atoms with van der Waals surface area (Å²) >= 11 is 0. The van der Waals surface area contributed by atoms with E-state index < -0.39 is 0 Å². The van der Waals surface area contributed by atoms with Gasteiger partial charge in [0.25, 0.3) is 0 Å². The standard InChI is InChI=1S/C17H26N2O3/c1-3-5-15-6-4-7-16(14-15)22-17(20)18(2)8-9-19-10-12-21-13-11-19/h4,6-7,14H,3,5,8-13H2,1-2H3. The first-order valence-electron chi connectivity index (χ1n) is 8.01. The van der Waals surface area contributed by atoms with E-state index in [0.717, 1.165) is 45.7 Å². The summed E-state index contributed by atoms with van der Waals surface area (Å²) in [5.74, 6) is 0.620. The Kier molecular flexibility index (Phi) is 6.68. The summed E-state index contributed by atoms with van der Waals surface area (Å²) in [6.07, 6.45) is 1.77. The highest BCUT2D eigenvalue weighted by Crippen LogP contribution is 2.15. The normalized spacial score (nSPS) is 15.5. The van der Waals surface area contributed by atoms with Gasteiger partial charge >= 0.3 is 6.09 Å². The van der Waals surface area contributed by atoms with E-state index in [4.69, 9.17) is 9.47 Å². The number of likely N-dealkylation sites (N-methyl/N-ethyl adjacent to an activating group) is 1. The number of aryl methyl sites for hydroxylation is 1. The molecule has 0 atom stereocenters. The maximum atomic E-state index is 12.1. The highest BCUT2D eigenvalue weighted by molar-refractivity contribution is 5.70. The van der Waals surface area contributed by atoms with Gasteiger partial charge in [-0.1, -0.05) is 25.5 Å². The van der Waals surface area contributed by atoms with E-state index in [-0.39, 0.29) is 6.09 Å². The highest BCUT2D eigenvalue weighted by atomic mass is 16.6. The Morgan fingerprint density at radius 1 is 1.36 bits per heavy atom. The van der Waals surface area contributed by atoms with Gasteiger partial charge in [-0.3, -0.25) is 4.90 Å². The van der Waals surface area contributed by atoms with Crippen LogP contribution in [-0.4, -0.2) is 62.3 Å². The van der Waals surface area contributed by atoms with Gasteiger partial charge < -0.3 is 14.4 Å². The molecule has 1 aliphatic rings. The van der Waals surface area contributed by atoms with Crippen molar-refractivity contribution in [2.45, 2.75) is 19.8 Å². The molecule has 0 aromatic heterocycles. The smallest absolute Gasteiger partial charge is 0.410 e. The average Bonchev–Trinajstić information content (AvgIpc) is 2.54. The fourth-order valence-electron chi connectivity index (χ4n) is 2.44. The molecule has 1 aromatic rings. The second-order valence-corrected chi connectivity index (χ2v) is 5.64. The molecule has 2 rings (SSSR count). The molecule has 1 saturated heterocycles. The number of carbonyl (C=O) groups is 1. The quantitative estimate of drug-likeness (QED) is 0.809. The molecule has 5 heteroatoms. The van der Waals surface area contributed by atoms with Crippen molar-refractivity contribution in [2.75, 3.05) is 46.4 Å². The zero-order chi connectivity index (χ0) is 15.8. The van der Waals surface area contributed by atoms with Crippen LogP contribution < -0.4 is 4.74 Å². The SMILES string of the molecule is CCCc1cccc(OC(=O)N(C)CCN2CCOCC2)c1. The van der Waals surface area contributed by atoms with E-state index in [2.05, 4.69) is 17.9 Å². The molecule has 0 unspecified atom stereocenters. The van der Waals surface area contributed by atoms with Gasteiger partial charge in [-0.15, -0.1) is 0 Å². The molecule has 5 nitrogen and oxygen atoms in total. The molecule has 0 aliphatic carbocycles. The second kappa shape index (κ2) is 8.76. The molecular weight excluding hydrogens is 280 g/mol. The molecule has 0 bridgehead atoms. The molecule has 0 spiro atoms. The Morgan fingerprint density at radius 2 is 2.14 bits per heavy atom. The predicted molar refractivity (Wildman–Crippen MR) is 86.4 cm³/mol. The summed E-state index contributed by atoms with van der Waals surface area (Å²) in [6.45, 7) is 7.07. The lowest BCUT2D eigenvalue weighted by atomic mass is 10.1. The molecule has 1 amide bonds. The number of nitrogens with zero attached hydrogens (tertiary/aromatic N) is 2. The second-order valence-electron chi connectivity index (χ2n) is 5.64. The van der Waals surface area contributed by atoms with Crippen molar-refractivity contribution in [1.82, 2.24) is 9.80 Å². The molecule has 1 aromatic carbocycles. The van der Waals surface area contributed by atoms with Crippen molar-refractivity contribution in [2.24, 2.45) is 0 Å². The summed E-state index contributed by atoms with van der Waals surface area (Å²) in [6, 6.07) is 7.76. The van der Waals surface area contributed by atoms with Gasteiger partial charge in [0.05, 0.1) is 13.2 Å². The number of rotatable bonds is 6. The maximum Gasteiger partial charge on any atom is 0.415 e. The van der Waals surface area contributed by atoms with Crippen molar-refractivity contribution in [1.29, 1.82) is 0 Å². The van der Waals surface area contributed by atoms with Gasteiger partial charge in [-0.05, 0) is 24.1 Å². The lowest BCUT2D eigenvalue weighted by molar-refractivity contribution is 0.0349. The third-order valence-corrected chi connectivity index (χ3v) is 3.81. The third kappa shape index (κ3) is 5.31. The van der Waals surface area contributed by atoms with Gasteiger partial charge in [-0.25, -0.2) is 4.79 Å².